The van der Waals surface area contributed by atoms with Crippen molar-refractivity contribution in [2.24, 2.45) is 50.1 Å². The zero-order valence-electron chi connectivity index (χ0n) is 38.5. The van der Waals surface area contributed by atoms with Crippen LogP contribution >= 0.6 is 0 Å². The van der Waals surface area contributed by atoms with Crippen molar-refractivity contribution >= 4 is 53.3 Å². The van der Waals surface area contributed by atoms with Gasteiger partial charge in [-0.25, -0.2) is 10.3 Å². The number of phenolic OH excluding ortho intramolecular Hbond substituents is 1. The molecule has 1 aromatic carbocycles. The number of rotatable bonds is 34. The number of guanidine groups is 2. The molecule has 0 fully saturated rings. The molecular weight excluding hydrogens is 893 g/mol. The molecule has 1 aromatic rings. The Labute approximate surface area is 394 Å². The Bertz CT molecular complexity index is 1800. The Morgan fingerprint density at radius 1 is 0.574 bits per heavy atom. The first kappa shape index (κ1) is 59.6. The fourth-order valence-corrected chi connectivity index (χ4v) is 6.48. The second-order valence-corrected chi connectivity index (χ2v) is 16.0. The number of aliphatic imine (C=N–C) groups is 2. The van der Waals surface area contributed by atoms with Crippen LogP contribution in [0.3, 0.4) is 0 Å². The number of nitrogens with one attached hydrogen (secondary N) is 7. The van der Waals surface area contributed by atoms with E-state index in [1.807, 2.05) is 0 Å². The molecule has 0 radical (unpaired) electrons. The van der Waals surface area contributed by atoms with Crippen molar-refractivity contribution in [3.63, 3.8) is 0 Å². The number of amides is 6. The Morgan fingerprint density at radius 3 is 1.47 bits per heavy atom. The van der Waals surface area contributed by atoms with Crippen LogP contribution < -0.4 is 77.5 Å². The highest BCUT2D eigenvalue weighted by Gasteiger charge is 2.35. The summed E-state index contributed by atoms with van der Waals surface area (Å²) in [5.74, 6) is -6.97. The fourth-order valence-electron chi connectivity index (χ4n) is 6.48. The van der Waals surface area contributed by atoms with Gasteiger partial charge in [0.1, 0.15) is 42.0 Å². The van der Waals surface area contributed by atoms with Crippen LogP contribution in [0.4, 0.5) is 0 Å². The number of hydrogen-bond acceptors (Lipinski definition) is 16. The minimum atomic E-state index is -1.70. The molecule has 0 aliphatic carbocycles. The standard InChI is InChI=1S/C41H74N16O11/c1-23(58)32(56-37(64)29(11-5-19-44)53-35(62)30(12-7-21-50-41(48)57-68)51-33(60)26(45)8-6-20-49-40(46)47)38(65)54-28(10-4-18-43)34(61)52-27(9-2-3-17-42)36(63)55-31(39(66)67)22-24-13-15-25(59)16-14-24/h13-16,23,26-32,58-59,68H,2-12,17-22,42-45H2,1H3,(H,51,60)(H,52,61)(H,53,62)(H,54,65)(H,55,63)(H,56,64)(H,66,67)(H4,46,47,49)(H3,48,50,57)/t23-,26+,27+,28-,29-,30+,31-,32+/m1/s1. The van der Waals surface area contributed by atoms with E-state index in [1.165, 1.54) is 31.2 Å². The largest absolute Gasteiger partial charge is 0.508 e. The summed E-state index contributed by atoms with van der Waals surface area (Å²) >= 11 is 0. The Morgan fingerprint density at radius 2 is 1.00 bits per heavy atom. The molecule has 25 N–H and O–H groups in total. The number of carboxylic acids is 1. The SMILES string of the molecule is C[C@@H](O)[C@H](NC(=O)[C@@H](CCCN)NC(=O)[C@H](CCCN=C(N)NO)NC(=O)[C@@H](N)CCCN=C(N)N)C(=O)N[C@H](CCCN)C(=O)N[C@@H](CCCCN)C(=O)N[C@H](Cc1ccc(O)cc1)C(=O)O. The van der Waals surface area contributed by atoms with E-state index in [9.17, 15) is 48.9 Å². The molecule has 0 saturated heterocycles. The number of hydroxylamine groups is 1. The number of aliphatic carboxylic acids is 1. The van der Waals surface area contributed by atoms with Crippen LogP contribution in [0.25, 0.3) is 0 Å². The zero-order valence-corrected chi connectivity index (χ0v) is 38.5. The minimum absolute atomic E-state index is 0.0194. The molecule has 8 atom stereocenters. The van der Waals surface area contributed by atoms with E-state index < -0.39 is 89.8 Å². The summed E-state index contributed by atoms with van der Waals surface area (Å²) in [6.45, 7) is 1.87. The Balaban J connectivity index is 3.32. The summed E-state index contributed by atoms with van der Waals surface area (Å²) in [5, 5.41) is 54.4. The first-order valence-electron chi connectivity index (χ1n) is 22.4. The topological polar surface area (TPSA) is 491 Å². The minimum Gasteiger partial charge on any atom is -0.508 e. The molecule has 27 nitrogen and oxygen atoms in total. The van der Waals surface area contributed by atoms with Gasteiger partial charge in [0.2, 0.25) is 41.4 Å². The van der Waals surface area contributed by atoms with Crippen molar-refractivity contribution in [1.29, 1.82) is 0 Å². The summed E-state index contributed by atoms with van der Waals surface area (Å²) in [5.41, 5.74) is 41.5. The van der Waals surface area contributed by atoms with Crippen LogP contribution in [0.5, 0.6) is 5.75 Å². The fraction of sp³-hybridized carbons (Fsp3) is 0.634. The van der Waals surface area contributed by atoms with E-state index in [0.717, 1.165) is 0 Å². The maximum Gasteiger partial charge on any atom is 0.326 e. The highest BCUT2D eigenvalue weighted by atomic mass is 16.5. The van der Waals surface area contributed by atoms with Crippen LogP contribution in [0.2, 0.25) is 0 Å². The molecule has 68 heavy (non-hydrogen) atoms. The highest BCUT2D eigenvalue weighted by Crippen LogP contribution is 2.13. The van der Waals surface area contributed by atoms with Crippen LogP contribution in [0.15, 0.2) is 34.3 Å². The number of benzene rings is 1. The van der Waals surface area contributed by atoms with E-state index >= 15 is 0 Å². The third-order valence-electron chi connectivity index (χ3n) is 10.3. The number of unbranched alkanes of at least 4 members (excludes halogenated alkanes) is 1. The van der Waals surface area contributed by atoms with Gasteiger partial charge in [-0.2, -0.15) is 0 Å². The van der Waals surface area contributed by atoms with Gasteiger partial charge in [0, 0.05) is 19.5 Å². The lowest BCUT2D eigenvalue weighted by atomic mass is 10.0. The van der Waals surface area contributed by atoms with Gasteiger partial charge in [-0.05, 0) is 115 Å². The monoisotopic (exact) mass is 967 g/mol. The second-order valence-electron chi connectivity index (χ2n) is 16.0. The van der Waals surface area contributed by atoms with Crippen LogP contribution in [0.1, 0.15) is 83.1 Å². The lowest BCUT2D eigenvalue weighted by Gasteiger charge is -2.28. The second kappa shape index (κ2) is 33.1. The summed E-state index contributed by atoms with van der Waals surface area (Å²) in [6.07, 6.45) is 0.0696. The molecule has 1 rings (SSSR count). The molecule has 384 valence electrons. The summed E-state index contributed by atoms with van der Waals surface area (Å²) in [6, 6.07) is -3.76. The van der Waals surface area contributed by atoms with Gasteiger partial charge in [0.25, 0.3) is 0 Å². The van der Waals surface area contributed by atoms with E-state index in [1.54, 1.807) is 5.48 Å². The predicted molar refractivity (Wildman–Crippen MR) is 251 cm³/mol. The summed E-state index contributed by atoms with van der Waals surface area (Å²) in [4.78, 5) is 102. The van der Waals surface area contributed by atoms with Crippen LogP contribution in [-0.2, 0) is 40.0 Å². The molecule has 27 heteroatoms. The van der Waals surface area contributed by atoms with Gasteiger partial charge < -0.3 is 87.4 Å². The van der Waals surface area contributed by atoms with Gasteiger partial charge >= 0.3 is 5.97 Å². The number of nitrogens with zero attached hydrogens (tertiary/aromatic N) is 2. The first-order chi connectivity index (χ1) is 32.3. The maximum absolute atomic E-state index is 13.9. The predicted octanol–water partition coefficient (Wildman–Crippen LogP) is -5.63. The van der Waals surface area contributed by atoms with E-state index in [4.69, 9.17) is 45.3 Å². The average Bonchev–Trinajstić information content (AvgIpc) is 3.29. The number of aromatic hydroxyl groups is 1. The number of carbonyl (C=O) groups excluding carboxylic acids is 6. The number of aliphatic hydroxyl groups is 1. The zero-order chi connectivity index (χ0) is 51.2. The van der Waals surface area contributed by atoms with Gasteiger partial charge in [-0.1, -0.05) is 12.1 Å². The first-order valence-corrected chi connectivity index (χ1v) is 22.4. The molecule has 0 spiro atoms. The third-order valence-corrected chi connectivity index (χ3v) is 10.3. The van der Waals surface area contributed by atoms with Crippen molar-refractivity contribution in [2.45, 2.75) is 132 Å². The number of phenols is 1. The van der Waals surface area contributed by atoms with Crippen molar-refractivity contribution < 1.29 is 54.1 Å². The number of nitrogens with two attached hydrogens (primary N) is 7. The molecule has 0 bridgehead atoms. The van der Waals surface area contributed by atoms with E-state index in [0.29, 0.717) is 24.8 Å². The number of carbonyl (C=O) groups is 7. The number of hydrogen-bond donors (Lipinski definition) is 18. The normalized spacial score (nSPS) is 14.8. The molecule has 0 aliphatic heterocycles. The van der Waals surface area contributed by atoms with Crippen molar-refractivity contribution in [1.82, 2.24) is 37.4 Å². The molecule has 0 unspecified atom stereocenters. The number of carboxylic acid groups (broad SMARTS) is 1. The smallest absolute Gasteiger partial charge is 0.326 e. The summed E-state index contributed by atoms with van der Waals surface area (Å²) < 4.78 is 0. The van der Waals surface area contributed by atoms with Gasteiger partial charge in [-0.3, -0.25) is 44.0 Å². The van der Waals surface area contributed by atoms with Crippen LogP contribution in [-0.4, -0.2) is 155 Å². The van der Waals surface area contributed by atoms with E-state index in [2.05, 4.69) is 41.9 Å². The summed E-state index contributed by atoms with van der Waals surface area (Å²) in [7, 11) is 0. The Hall–Kier alpha value is -6.39. The molecule has 0 saturated carbocycles. The van der Waals surface area contributed by atoms with E-state index in [-0.39, 0.29) is 108 Å². The van der Waals surface area contributed by atoms with Gasteiger partial charge in [0.15, 0.2) is 5.96 Å². The highest BCUT2D eigenvalue weighted by molar-refractivity contribution is 5.97. The molecular formula is C41H74N16O11. The Kier molecular flexibility index (Phi) is 29.1. The third kappa shape index (κ3) is 23.9. The van der Waals surface area contributed by atoms with Crippen molar-refractivity contribution in [2.75, 3.05) is 32.7 Å². The molecule has 0 aromatic heterocycles. The number of aliphatic hydroxyl groups excluding tert-OH is 1. The van der Waals surface area contributed by atoms with Crippen molar-refractivity contribution in [3.05, 3.63) is 29.8 Å². The molecule has 6 amide bonds. The molecule has 0 aliphatic rings. The lowest BCUT2D eigenvalue weighted by molar-refractivity contribution is -0.142. The van der Waals surface area contributed by atoms with Crippen LogP contribution in [0, 0.1) is 0 Å². The van der Waals surface area contributed by atoms with Crippen molar-refractivity contribution in [3.8, 4) is 5.75 Å². The quantitative estimate of drug-likeness (QED) is 0.0132. The maximum atomic E-state index is 13.9. The van der Waals surface area contributed by atoms with Gasteiger partial charge in [0.05, 0.1) is 12.1 Å². The molecule has 0 heterocycles. The lowest BCUT2D eigenvalue weighted by Crippen LogP contribution is -2.61. The average molecular weight is 967 g/mol. The van der Waals surface area contributed by atoms with Gasteiger partial charge in [-0.15, -0.1) is 0 Å².